The van der Waals surface area contributed by atoms with Gasteiger partial charge in [-0.05, 0) is 78.8 Å². The molecule has 1 N–H and O–H groups in total. The first-order chi connectivity index (χ1) is 10.3. The van der Waals surface area contributed by atoms with Crippen LogP contribution < -0.4 is 5.32 Å². The molecule has 21 heavy (non-hydrogen) atoms. The van der Waals surface area contributed by atoms with Gasteiger partial charge in [-0.1, -0.05) is 33.1 Å². The van der Waals surface area contributed by atoms with Gasteiger partial charge in [0.25, 0.3) is 0 Å². The molecule has 1 nitrogen and oxygen atoms in total. The Hall–Kier alpha value is -0.340. The van der Waals surface area contributed by atoms with Crippen molar-refractivity contribution in [2.75, 3.05) is 13.1 Å². The van der Waals surface area contributed by atoms with Crippen LogP contribution in [0.25, 0.3) is 0 Å². The van der Waals surface area contributed by atoms with Crippen LogP contribution in [0, 0.1) is 11.3 Å². The van der Waals surface area contributed by atoms with E-state index >= 15 is 0 Å². The zero-order valence-corrected chi connectivity index (χ0v) is 14.8. The lowest BCUT2D eigenvalue weighted by Gasteiger charge is -2.41. The molecule has 1 fully saturated rings. The van der Waals surface area contributed by atoms with Gasteiger partial charge in [-0.2, -0.15) is 11.3 Å². The molecule has 0 amide bonds. The van der Waals surface area contributed by atoms with Gasteiger partial charge >= 0.3 is 0 Å². The van der Waals surface area contributed by atoms with Crippen LogP contribution in [0.1, 0.15) is 70.8 Å². The highest BCUT2D eigenvalue weighted by Crippen LogP contribution is 2.43. The van der Waals surface area contributed by atoms with E-state index in [1.807, 2.05) is 11.3 Å². The molecule has 0 saturated heterocycles. The normalized spacial score (nSPS) is 26.1. The van der Waals surface area contributed by atoms with E-state index in [4.69, 9.17) is 0 Å². The number of aryl methyl sites for hydroxylation is 1. The van der Waals surface area contributed by atoms with E-state index in [0.29, 0.717) is 5.41 Å². The van der Waals surface area contributed by atoms with E-state index in [-0.39, 0.29) is 0 Å². The molecule has 0 atom stereocenters. The summed E-state index contributed by atoms with van der Waals surface area (Å²) in [6.07, 6.45) is 12.7. The zero-order chi connectivity index (χ0) is 15.0. The van der Waals surface area contributed by atoms with Crippen molar-refractivity contribution in [3.8, 4) is 0 Å². The van der Waals surface area contributed by atoms with Crippen molar-refractivity contribution >= 4 is 11.3 Å². The summed E-state index contributed by atoms with van der Waals surface area (Å²) in [6.45, 7) is 6.90. The second-order valence-electron chi connectivity index (χ2n) is 7.00. The van der Waals surface area contributed by atoms with Gasteiger partial charge in [0, 0.05) is 6.54 Å². The molecular formula is C19H33NS. The molecule has 1 aromatic heterocycles. The fraction of sp³-hybridized carbons (Fsp3) is 0.789. The SMILES string of the molecule is CCCCC1CCC(CCc2ccsc2)(CNCC)CC1. The average molecular weight is 308 g/mol. The van der Waals surface area contributed by atoms with Gasteiger partial charge < -0.3 is 5.32 Å². The Morgan fingerprint density at radius 2 is 2.10 bits per heavy atom. The van der Waals surface area contributed by atoms with Crippen LogP contribution in [0.15, 0.2) is 16.8 Å². The molecular weight excluding hydrogens is 274 g/mol. The van der Waals surface area contributed by atoms with E-state index in [1.165, 1.54) is 64.3 Å². The standard InChI is InChI=1S/C19H33NS/c1-3-5-6-17-7-11-19(12-8-17,16-20-4-2)13-9-18-10-14-21-15-18/h10,14-15,17,20H,3-9,11-13,16H2,1-2H3. The van der Waals surface area contributed by atoms with Gasteiger partial charge in [-0.3, -0.25) is 0 Å². The second-order valence-corrected chi connectivity index (χ2v) is 7.78. The lowest BCUT2D eigenvalue weighted by molar-refractivity contribution is 0.128. The molecule has 0 aliphatic heterocycles. The first-order valence-electron chi connectivity index (χ1n) is 9.00. The van der Waals surface area contributed by atoms with Gasteiger partial charge in [0.15, 0.2) is 0 Å². The molecule has 0 bridgehead atoms. The van der Waals surface area contributed by atoms with Crippen LogP contribution in [0.4, 0.5) is 0 Å². The van der Waals surface area contributed by atoms with Crippen LogP contribution in [-0.4, -0.2) is 13.1 Å². The van der Waals surface area contributed by atoms with Gasteiger partial charge in [-0.25, -0.2) is 0 Å². The zero-order valence-electron chi connectivity index (χ0n) is 14.0. The maximum absolute atomic E-state index is 3.65. The number of hydrogen-bond acceptors (Lipinski definition) is 2. The fourth-order valence-electron chi connectivity index (χ4n) is 3.82. The van der Waals surface area contributed by atoms with Crippen molar-refractivity contribution in [2.45, 2.75) is 71.6 Å². The Balaban J connectivity index is 1.85. The summed E-state index contributed by atoms with van der Waals surface area (Å²) in [7, 11) is 0. The maximum Gasteiger partial charge on any atom is 0.000781 e. The number of unbranched alkanes of at least 4 members (excludes halogenated alkanes) is 1. The van der Waals surface area contributed by atoms with Crippen LogP contribution in [0.2, 0.25) is 0 Å². The van der Waals surface area contributed by atoms with E-state index in [2.05, 4.69) is 36.0 Å². The number of nitrogens with one attached hydrogen (secondary N) is 1. The molecule has 2 rings (SSSR count). The summed E-state index contributed by atoms with van der Waals surface area (Å²) in [6, 6.07) is 2.30. The molecule has 0 unspecified atom stereocenters. The van der Waals surface area contributed by atoms with Crippen LogP contribution in [0.3, 0.4) is 0 Å². The molecule has 120 valence electrons. The summed E-state index contributed by atoms with van der Waals surface area (Å²) >= 11 is 1.84. The van der Waals surface area contributed by atoms with Crippen LogP contribution >= 0.6 is 11.3 Å². The Morgan fingerprint density at radius 1 is 1.29 bits per heavy atom. The molecule has 0 spiro atoms. The Morgan fingerprint density at radius 3 is 2.71 bits per heavy atom. The second kappa shape index (κ2) is 8.95. The van der Waals surface area contributed by atoms with Crippen molar-refractivity contribution in [1.82, 2.24) is 5.32 Å². The average Bonchev–Trinajstić information content (AvgIpc) is 3.04. The van der Waals surface area contributed by atoms with Gasteiger partial charge in [0.05, 0.1) is 0 Å². The van der Waals surface area contributed by atoms with Crippen molar-refractivity contribution < 1.29 is 0 Å². The number of rotatable bonds is 9. The topological polar surface area (TPSA) is 12.0 Å². The summed E-state index contributed by atoms with van der Waals surface area (Å²) in [4.78, 5) is 0. The summed E-state index contributed by atoms with van der Waals surface area (Å²) in [5, 5.41) is 8.19. The molecule has 1 aliphatic carbocycles. The molecule has 1 heterocycles. The molecule has 2 heteroatoms. The van der Waals surface area contributed by atoms with Crippen molar-refractivity contribution in [2.24, 2.45) is 11.3 Å². The largest absolute Gasteiger partial charge is 0.316 e. The molecule has 1 aliphatic rings. The highest BCUT2D eigenvalue weighted by molar-refractivity contribution is 7.07. The van der Waals surface area contributed by atoms with Crippen LogP contribution in [0.5, 0.6) is 0 Å². The predicted molar refractivity (Wildman–Crippen MR) is 95.1 cm³/mol. The fourth-order valence-corrected chi connectivity index (χ4v) is 4.52. The third-order valence-corrected chi connectivity index (χ3v) is 6.14. The first-order valence-corrected chi connectivity index (χ1v) is 9.94. The molecule has 1 saturated carbocycles. The van der Waals surface area contributed by atoms with E-state index in [9.17, 15) is 0 Å². The lowest BCUT2D eigenvalue weighted by Crippen LogP contribution is -2.38. The van der Waals surface area contributed by atoms with Crippen molar-refractivity contribution in [3.05, 3.63) is 22.4 Å². The predicted octanol–water partition coefficient (Wildman–Crippen LogP) is 5.66. The Kier molecular flexibility index (Phi) is 7.25. The van der Waals surface area contributed by atoms with Gasteiger partial charge in [-0.15, -0.1) is 0 Å². The summed E-state index contributed by atoms with van der Waals surface area (Å²) < 4.78 is 0. The van der Waals surface area contributed by atoms with Gasteiger partial charge in [0.1, 0.15) is 0 Å². The lowest BCUT2D eigenvalue weighted by atomic mass is 9.67. The minimum atomic E-state index is 0.570. The maximum atomic E-state index is 3.65. The van der Waals surface area contributed by atoms with E-state index in [1.54, 1.807) is 5.56 Å². The molecule has 1 aromatic rings. The monoisotopic (exact) mass is 307 g/mol. The highest BCUT2D eigenvalue weighted by Gasteiger charge is 2.34. The minimum absolute atomic E-state index is 0.570. The number of thiophene rings is 1. The smallest absolute Gasteiger partial charge is 0.000781 e. The molecule has 0 radical (unpaired) electrons. The minimum Gasteiger partial charge on any atom is -0.316 e. The van der Waals surface area contributed by atoms with Gasteiger partial charge in [0.2, 0.25) is 0 Å². The number of hydrogen-bond donors (Lipinski definition) is 1. The highest BCUT2D eigenvalue weighted by atomic mass is 32.1. The summed E-state index contributed by atoms with van der Waals surface area (Å²) in [5.41, 5.74) is 2.12. The van der Waals surface area contributed by atoms with Crippen molar-refractivity contribution in [3.63, 3.8) is 0 Å². The third kappa shape index (κ3) is 5.41. The Bertz CT molecular complexity index is 363. The van der Waals surface area contributed by atoms with Crippen LogP contribution in [-0.2, 0) is 6.42 Å². The van der Waals surface area contributed by atoms with E-state index < -0.39 is 0 Å². The quantitative estimate of drug-likeness (QED) is 0.621. The first kappa shape index (κ1) is 17.0. The van der Waals surface area contributed by atoms with Crippen molar-refractivity contribution in [1.29, 1.82) is 0 Å². The molecule has 0 aromatic carbocycles. The third-order valence-electron chi connectivity index (χ3n) is 5.41. The summed E-state index contributed by atoms with van der Waals surface area (Å²) in [5.74, 6) is 1.01. The van der Waals surface area contributed by atoms with E-state index in [0.717, 1.165) is 12.5 Å². The Labute approximate surface area is 135 Å².